The summed E-state index contributed by atoms with van der Waals surface area (Å²) in [5.41, 5.74) is 0. The first kappa shape index (κ1) is 22.0. The van der Waals surface area contributed by atoms with E-state index in [2.05, 4.69) is 0 Å². The van der Waals surface area contributed by atoms with Gasteiger partial charge in [0, 0.05) is 0 Å². The lowest BCUT2D eigenvalue weighted by atomic mass is 10.3. The van der Waals surface area contributed by atoms with Crippen LogP contribution in [0.1, 0.15) is 0 Å². The van der Waals surface area contributed by atoms with E-state index in [9.17, 15) is 0 Å². The Labute approximate surface area is 171 Å². The van der Waals surface area contributed by atoms with Gasteiger partial charge in [-0.05, 0) is 0 Å². The summed E-state index contributed by atoms with van der Waals surface area (Å²) in [5, 5.41) is 0. The van der Waals surface area contributed by atoms with Crippen molar-refractivity contribution < 1.29 is 56.2 Å². The van der Waals surface area contributed by atoms with Crippen molar-refractivity contribution in [3.63, 3.8) is 0 Å². The first-order valence-electron chi connectivity index (χ1n) is 9.22. The average Bonchev–Trinajstić information content (AvgIpc) is 3.57. The minimum Gasteiger partial charge on any atom is -0.410 e. The molecule has 4 saturated heterocycles. The normalized spacial score (nSPS) is 30.9. The Bertz CT molecular complexity index is 391. The van der Waals surface area contributed by atoms with Crippen molar-refractivity contribution in [1.82, 2.24) is 0 Å². The molecular formula is C13H20B4O12. The second kappa shape index (κ2) is 11.4. The highest BCUT2D eigenvalue weighted by molar-refractivity contribution is 6.22. The Hall–Kier alpha value is -0.220. The van der Waals surface area contributed by atoms with Crippen LogP contribution in [0.15, 0.2) is 0 Å². The second-order valence-electron chi connectivity index (χ2n) is 6.51. The van der Waals surface area contributed by atoms with Crippen molar-refractivity contribution >= 4 is 30.7 Å². The maximum Gasteiger partial charge on any atom is 0.493 e. The zero-order valence-corrected chi connectivity index (χ0v) is 15.7. The van der Waals surface area contributed by atoms with Crippen LogP contribution in [0.5, 0.6) is 0 Å². The van der Waals surface area contributed by atoms with Gasteiger partial charge in [-0.1, -0.05) is 0 Å². The SMILES string of the molecule is [B](OCC1CO1)OC(O[B]OCC1CO1)(O[B]OCC1CO1)O[B]OCC1CO1. The Balaban J connectivity index is 1.22. The van der Waals surface area contributed by atoms with E-state index in [1.165, 1.54) is 0 Å². The summed E-state index contributed by atoms with van der Waals surface area (Å²) in [6.07, 6.45) is -1.97. The maximum atomic E-state index is 5.38. The lowest BCUT2D eigenvalue weighted by molar-refractivity contribution is -0.386. The first-order valence-corrected chi connectivity index (χ1v) is 9.22. The van der Waals surface area contributed by atoms with Crippen LogP contribution < -0.4 is 0 Å². The third kappa shape index (κ3) is 9.63. The van der Waals surface area contributed by atoms with Crippen LogP contribution >= 0.6 is 0 Å². The van der Waals surface area contributed by atoms with Crippen molar-refractivity contribution in [2.45, 2.75) is 30.6 Å². The fraction of sp³-hybridized carbons (Fsp3) is 1.00. The molecule has 156 valence electrons. The number of hydrogen-bond donors (Lipinski definition) is 0. The summed E-state index contributed by atoms with van der Waals surface area (Å²) >= 11 is 0. The highest BCUT2D eigenvalue weighted by atomic mass is 17.0. The largest absolute Gasteiger partial charge is 0.493 e. The van der Waals surface area contributed by atoms with Gasteiger partial charge in [0.05, 0.1) is 52.9 Å². The fourth-order valence-corrected chi connectivity index (χ4v) is 1.78. The van der Waals surface area contributed by atoms with Crippen molar-refractivity contribution in [2.24, 2.45) is 0 Å². The molecule has 0 aromatic heterocycles. The molecule has 4 aliphatic rings. The molecule has 16 heteroatoms. The van der Waals surface area contributed by atoms with Crippen molar-refractivity contribution in [2.75, 3.05) is 52.9 Å². The highest BCUT2D eigenvalue weighted by Crippen LogP contribution is 2.19. The zero-order valence-electron chi connectivity index (χ0n) is 15.7. The minimum atomic E-state index is -2.15. The van der Waals surface area contributed by atoms with Crippen LogP contribution in [0.25, 0.3) is 0 Å². The van der Waals surface area contributed by atoms with E-state index < -0.39 is 6.16 Å². The summed E-state index contributed by atoms with van der Waals surface area (Å²) in [6, 6.07) is 0. The highest BCUT2D eigenvalue weighted by Gasteiger charge is 2.39. The van der Waals surface area contributed by atoms with Gasteiger partial charge in [0.1, 0.15) is 24.4 Å². The smallest absolute Gasteiger partial charge is 0.410 e. The Kier molecular flexibility index (Phi) is 8.65. The molecule has 4 aliphatic heterocycles. The van der Waals surface area contributed by atoms with Gasteiger partial charge in [0.2, 0.25) is 0 Å². The molecule has 4 radical (unpaired) electrons. The monoisotopic (exact) mass is 412 g/mol. The minimum absolute atomic E-state index is 0.0438. The second-order valence-corrected chi connectivity index (χ2v) is 6.51. The fourth-order valence-electron chi connectivity index (χ4n) is 1.78. The predicted octanol–water partition coefficient (Wildman–Crippen LogP) is -2.54. The van der Waals surface area contributed by atoms with E-state index in [1.807, 2.05) is 0 Å². The van der Waals surface area contributed by atoms with E-state index in [4.69, 9.17) is 56.2 Å². The Morgan fingerprint density at radius 1 is 0.517 bits per heavy atom. The number of epoxide rings is 4. The van der Waals surface area contributed by atoms with E-state index >= 15 is 0 Å². The molecule has 0 N–H and O–H groups in total. The predicted molar refractivity (Wildman–Crippen MR) is 92.9 cm³/mol. The molecule has 0 amide bonds. The van der Waals surface area contributed by atoms with Gasteiger partial charge in [0.15, 0.2) is 0 Å². The third-order valence-electron chi connectivity index (χ3n) is 3.78. The lowest BCUT2D eigenvalue weighted by Gasteiger charge is -2.31. The lowest BCUT2D eigenvalue weighted by Crippen LogP contribution is -2.48. The molecule has 4 heterocycles. The molecular weight excluding hydrogens is 391 g/mol. The Morgan fingerprint density at radius 3 is 0.966 bits per heavy atom. The number of hydrogen-bond acceptors (Lipinski definition) is 12. The standard InChI is InChI=1S/C13H20B4O12/c1-9(18-1)5-22-14-26-13(27-15-23-6-10-2-19-10,28-16-24-7-11-3-20-11)29-17-25-8-12-4-21-12/h9-12H,1-8H2. The van der Waals surface area contributed by atoms with E-state index in [-0.39, 0.29) is 24.4 Å². The van der Waals surface area contributed by atoms with Crippen LogP contribution in [0.4, 0.5) is 0 Å². The molecule has 4 unspecified atom stereocenters. The third-order valence-corrected chi connectivity index (χ3v) is 3.78. The van der Waals surface area contributed by atoms with Crippen LogP contribution in [-0.2, 0) is 56.2 Å². The van der Waals surface area contributed by atoms with Gasteiger partial charge in [-0.3, -0.25) is 0 Å². The molecule has 4 fully saturated rings. The number of ether oxygens (including phenoxy) is 4. The average molecular weight is 412 g/mol. The van der Waals surface area contributed by atoms with Crippen molar-refractivity contribution in [3.05, 3.63) is 0 Å². The van der Waals surface area contributed by atoms with Crippen LogP contribution in [0, 0.1) is 0 Å². The zero-order chi connectivity index (χ0) is 19.8. The molecule has 29 heavy (non-hydrogen) atoms. The van der Waals surface area contributed by atoms with Gasteiger partial charge in [-0.2, -0.15) is 0 Å². The van der Waals surface area contributed by atoms with E-state index in [0.717, 1.165) is 30.7 Å². The van der Waals surface area contributed by atoms with Crippen molar-refractivity contribution in [1.29, 1.82) is 0 Å². The first-order chi connectivity index (χ1) is 14.3. The van der Waals surface area contributed by atoms with Crippen molar-refractivity contribution in [3.8, 4) is 0 Å². The summed E-state index contributed by atoms with van der Waals surface area (Å²) < 4.78 is 62.7. The summed E-state index contributed by atoms with van der Waals surface area (Å²) in [4.78, 5) is 0. The van der Waals surface area contributed by atoms with Crippen LogP contribution in [-0.4, -0.2) is 114 Å². The quantitative estimate of drug-likeness (QED) is 0.0907. The van der Waals surface area contributed by atoms with E-state index in [0.29, 0.717) is 52.9 Å². The van der Waals surface area contributed by atoms with Gasteiger partial charge < -0.3 is 56.2 Å². The number of rotatable bonds is 20. The van der Waals surface area contributed by atoms with Crippen LogP contribution in [0.3, 0.4) is 0 Å². The molecule has 12 nitrogen and oxygen atoms in total. The molecule has 0 saturated carbocycles. The molecule has 0 aliphatic carbocycles. The summed E-state index contributed by atoms with van der Waals surface area (Å²) in [5.74, 6) is 0. The summed E-state index contributed by atoms with van der Waals surface area (Å²) in [7, 11) is 4.04. The molecule has 0 bridgehead atoms. The molecule has 0 aromatic carbocycles. The topological polar surface area (TPSA) is 124 Å². The molecule has 0 spiro atoms. The van der Waals surface area contributed by atoms with Crippen LogP contribution in [0.2, 0.25) is 0 Å². The molecule has 0 aromatic rings. The van der Waals surface area contributed by atoms with Gasteiger partial charge in [-0.25, -0.2) is 0 Å². The van der Waals surface area contributed by atoms with Gasteiger partial charge >= 0.3 is 36.9 Å². The van der Waals surface area contributed by atoms with Gasteiger partial charge in [-0.15, -0.1) is 0 Å². The summed E-state index contributed by atoms with van der Waals surface area (Å²) in [6.45, 7) is 3.82. The molecule has 4 rings (SSSR count). The Morgan fingerprint density at radius 2 is 0.759 bits per heavy atom. The van der Waals surface area contributed by atoms with Gasteiger partial charge in [0.25, 0.3) is 0 Å². The van der Waals surface area contributed by atoms with E-state index in [1.54, 1.807) is 0 Å². The maximum absolute atomic E-state index is 5.38. The molecule has 4 atom stereocenters.